The first-order valence-electron chi connectivity index (χ1n) is 6.71. The lowest BCUT2D eigenvalue weighted by Gasteiger charge is -2.14. The van der Waals surface area contributed by atoms with Gasteiger partial charge in [-0.1, -0.05) is 17.7 Å². The molecule has 0 aliphatic heterocycles. The zero-order valence-electron chi connectivity index (χ0n) is 12.4. The fourth-order valence-corrected chi connectivity index (χ4v) is 2.65. The standard InChI is InChI=1S/C14H18ClN3O3S/c1-18(22(2,20)21)7-6-16-9-10-8-13(19)11-4-3-5-12(15)14(11)17-10/h3-5,8,16H,6-7,9H2,1-2H3,(H,17,19). The van der Waals surface area contributed by atoms with Gasteiger partial charge in [-0.2, -0.15) is 0 Å². The van der Waals surface area contributed by atoms with Gasteiger partial charge in [0.2, 0.25) is 10.0 Å². The van der Waals surface area contributed by atoms with Gasteiger partial charge in [-0.15, -0.1) is 0 Å². The number of aromatic amines is 1. The first kappa shape index (κ1) is 17.0. The molecule has 1 heterocycles. The zero-order valence-corrected chi connectivity index (χ0v) is 14.0. The summed E-state index contributed by atoms with van der Waals surface area (Å²) >= 11 is 6.09. The Bertz CT molecular complexity index is 833. The molecule has 0 amide bonds. The number of fused-ring (bicyclic) bond motifs is 1. The third-order valence-electron chi connectivity index (χ3n) is 3.36. The number of aromatic nitrogens is 1. The van der Waals surface area contributed by atoms with Crippen molar-refractivity contribution in [3.63, 3.8) is 0 Å². The molecule has 0 aliphatic carbocycles. The Morgan fingerprint density at radius 2 is 2.09 bits per heavy atom. The topological polar surface area (TPSA) is 82.3 Å². The van der Waals surface area contributed by atoms with E-state index in [-0.39, 0.29) is 5.43 Å². The summed E-state index contributed by atoms with van der Waals surface area (Å²) in [6.45, 7) is 1.26. The van der Waals surface area contributed by atoms with Crippen LogP contribution < -0.4 is 10.7 Å². The van der Waals surface area contributed by atoms with Gasteiger partial charge in [-0.25, -0.2) is 12.7 Å². The summed E-state index contributed by atoms with van der Waals surface area (Å²) in [7, 11) is -1.65. The SMILES string of the molecule is CN(CCNCc1cc(=O)c2cccc(Cl)c2[nH]1)S(C)(=O)=O. The number of pyridine rings is 1. The van der Waals surface area contributed by atoms with Crippen molar-refractivity contribution >= 4 is 32.5 Å². The number of likely N-dealkylation sites (N-methyl/N-ethyl adjacent to an activating group) is 1. The molecule has 2 N–H and O–H groups in total. The molecule has 1 aromatic carbocycles. The second kappa shape index (κ2) is 6.78. The van der Waals surface area contributed by atoms with E-state index >= 15 is 0 Å². The van der Waals surface area contributed by atoms with E-state index in [0.717, 1.165) is 6.26 Å². The van der Waals surface area contributed by atoms with Crippen LogP contribution >= 0.6 is 11.6 Å². The maximum absolute atomic E-state index is 12.0. The Balaban J connectivity index is 2.04. The smallest absolute Gasteiger partial charge is 0.210 e. The highest BCUT2D eigenvalue weighted by atomic mass is 35.5. The minimum Gasteiger partial charge on any atom is -0.356 e. The molecule has 1 aromatic heterocycles. The van der Waals surface area contributed by atoms with Crippen molar-refractivity contribution in [1.29, 1.82) is 0 Å². The number of H-pyrrole nitrogens is 1. The molecule has 0 atom stereocenters. The predicted octanol–water partition coefficient (Wildman–Crippen LogP) is 1.16. The van der Waals surface area contributed by atoms with Gasteiger partial charge in [-0.05, 0) is 12.1 Å². The molecule has 0 saturated heterocycles. The van der Waals surface area contributed by atoms with Crippen LogP contribution in [0.5, 0.6) is 0 Å². The van der Waals surface area contributed by atoms with E-state index < -0.39 is 10.0 Å². The first-order chi connectivity index (χ1) is 10.3. The van der Waals surface area contributed by atoms with Crippen molar-refractivity contribution in [2.24, 2.45) is 0 Å². The van der Waals surface area contributed by atoms with Crippen molar-refractivity contribution in [2.75, 3.05) is 26.4 Å². The number of nitrogens with one attached hydrogen (secondary N) is 2. The molecule has 0 aliphatic rings. The van der Waals surface area contributed by atoms with Crippen molar-refractivity contribution in [3.8, 4) is 0 Å². The summed E-state index contributed by atoms with van der Waals surface area (Å²) in [6, 6.07) is 6.70. The van der Waals surface area contributed by atoms with Crippen LogP contribution in [0.1, 0.15) is 5.69 Å². The maximum atomic E-state index is 12.0. The maximum Gasteiger partial charge on any atom is 0.210 e. The molecule has 8 heteroatoms. The second-order valence-electron chi connectivity index (χ2n) is 5.08. The Labute approximate surface area is 134 Å². The van der Waals surface area contributed by atoms with E-state index in [9.17, 15) is 13.2 Å². The molecule has 0 spiro atoms. The third-order valence-corrected chi connectivity index (χ3v) is 4.98. The van der Waals surface area contributed by atoms with E-state index in [4.69, 9.17) is 11.6 Å². The molecule has 2 rings (SSSR count). The summed E-state index contributed by atoms with van der Waals surface area (Å²) < 4.78 is 23.8. The lowest BCUT2D eigenvalue weighted by molar-refractivity contribution is 0.462. The fraction of sp³-hybridized carbons (Fsp3) is 0.357. The monoisotopic (exact) mass is 343 g/mol. The summed E-state index contributed by atoms with van der Waals surface area (Å²) in [4.78, 5) is 15.2. The second-order valence-corrected chi connectivity index (χ2v) is 7.58. The van der Waals surface area contributed by atoms with Crippen LogP contribution in [0.3, 0.4) is 0 Å². The van der Waals surface area contributed by atoms with Gasteiger partial charge in [-0.3, -0.25) is 4.79 Å². The summed E-state index contributed by atoms with van der Waals surface area (Å²) in [5.74, 6) is 0. The van der Waals surface area contributed by atoms with Crippen molar-refractivity contribution in [1.82, 2.24) is 14.6 Å². The zero-order chi connectivity index (χ0) is 16.3. The Morgan fingerprint density at radius 3 is 2.77 bits per heavy atom. The molecule has 0 unspecified atom stereocenters. The number of hydrogen-bond acceptors (Lipinski definition) is 4. The predicted molar refractivity (Wildman–Crippen MR) is 88.8 cm³/mol. The first-order valence-corrected chi connectivity index (χ1v) is 8.94. The molecule has 120 valence electrons. The molecule has 22 heavy (non-hydrogen) atoms. The number of benzene rings is 1. The highest BCUT2D eigenvalue weighted by molar-refractivity contribution is 7.88. The highest BCUT2D eigenvalue weighted by Gasteiger charge is 2.09. The third kappa shape index (κ3) is 4.07. The number of halogens is 1. The quantitative estimate of drug-likeness (QED) is 0.771. The van der Waals surface area contributed by atoms with Gasteiger partial charge in [0.1, 0.15) is 0 Å². The van der Waals surface area contributed by atoms with Gasteiger partial charge in [0.25, 0.3) is 0 Å². The molecule has 0 saturated carbocycles. The number of para-hydroxylation sites is 1. The van der Waals surface area contributed by atoms with Crippen molar-refractivity contribution < 1.29 is 8.42 Å². The van der Waals surface area contributed by atoms with Gasteiger partial charge >= 0.3 is 0 Å². The van der Waals surface area contributed by atoms with Gasteiger partial charge in [0, 0.05) is 43.8 Å². The number of nitrogens with zero attached hydrogens (tertiary/aromatic N) is 1. The van der Waals surface area contributed by atoms with E-state index in [1.165, 1.54) is 17.4 Å². The van der Waals surface area contributed by atoms with Crippen molar-refractivity contribution in [2.45, 2.75) is 6.54 Å². The minimum absolute atomic E-state index is 0.0960. The van der Waals surface area contributed by atoms with Crippen LogP contribution in [0, 0.1) is 0 Å². The molecule has 6 nitrogen and oxygen atoms in total. The average Bonchev–Trinajstić information content (AvgIpc) is 2.43. The highest BCUT2D eigenvalue weighted by Crippen LogP contribution is 2.18. The van der Waals surface area contributed by atoms with Gasteiger partial charge < -0.3 is 10.3 Å². The van der Waals surface area contributed by atoms with Crippen LogP contribution in [0.4, 0.5) is 0 Å². The van der Waals surface area contributed by atoms with E-state index in [0.29, 0.717) is 41.3 Å². The lowest BCUT2D eigenvalue weighted by Crippen LogP contribution is -2.33. The molecule has 0 fully saturated rings. The normalized spacial score (nSPS) is 12.2. The molecule has 0 bridgehead atoms. The number of hydrogen-bond donors (Lipinski definition) is 2. The van der Waals surface area contributed by atoms with Crippen LogP contribution in [-0.4, -0.2) is 44.1 Å². The van der Waals surface area contributed by atoms with Gasteiger partial charge in [0.15, 0.2) is 5.43 Å². The van der Waals surface area contributed by atoms with Crippen LogP contribution in [-0.2, 0) is 16.6 Å². The Kier molecular flexibility index (Phi) is 5.23. The number of sulfonamides is 1. The summed E-state index contributed by atoms with van der Waals surface area (Å²) in [5, 5.41) is 4.14. The fourth-order valence-electron chi connectivity index (χ4n) is 2.01. The van der Waals surface area contributed by atoms with E-state index in [1.807, 2.05) is 0 Å². The lowest BCUT2D eigenvalue weighted by atomic mass is 10.2. The van der Waals surface area contributed by atoms with E-state index in [1.54, 1.807) is 18.2 Å². The molecular formula is C14H18ClN3O3S. The van der Waals surface area contributed by atoms with Crippen LogP contribution in [0.15, 0.2) is 29.1 Å². The molecular weight excluding hydrogens is 326 g/mol. The summed E-state index contributed by atoms with van der Waals surface area (Å²) in [5.41, 5.74) is 1.22. The summed E-state index contributed by atoms with van der Waals surface area (Å²) in [6.07, 6.45) is 1.16. The minimum atomic E-state index is -3.17. The van der Waals surface area contributed by atoms with Crippen LogP contribution in [0.2, 0.25) is 5.02 Å². The number of rotatable bonds is 6. The average molecular weight is 344 g/mol. The van der Waals surface area contributed by atoms with Crippen molar-refractivity contribution in [3.05, 3.63) is 45.2 Å². The Morgan fingerprint density at radius 1 is 1.36 bits per heavy atom. The molecule has 0 radical (unpaired) electrons. The van der Waals surface area contributed by atoms with Gasteiger partial charge in [0.05, 0.1) is 16.8 Å². The largest absolute Gasteiger partial charge is 0.356 e. The van der Waals surface area contributed by atoms with Crippen LogP contribution in [0.25, 0.3) is 10.9 Å². The molecule has 2 aromatic rings. The Hall–Kier alpha value is -1.41. The van der Waals surface area contributed by atoms with E-state index in [2.05, 4.69) is 10.3 Å².